The molecule has 2 aliphatic rings. The third kappa shape index (κ3) is 4.12. The Morgan fingerprint density at radius 3 is 2.67 bits per heavy atom. The largest absolute Gasteiger partial charge is 0.375 e. The summed E-state index contributed by atoms with van der Waals surface area (Å²) >= 11 is 0. The average molecular weight is 337 g/mol. The first-order chi connectivity index (χ1) is 11.5. The molecule has 0 aliphatic carbocycles. The summed E-state index contributed by atoms with van der Waals surface area (Å²) in [5.74, 6) is 1.54. The summed E-state index contributed by atoms with van der Waals surface area (Å²) in [6, 6.07) is 0.115. The van der Waals surface area contributed by atoms with Crippen LogP contribution in [-0.2, 0) is 9.53 Å². The van der Waals surface area contributed by atoms with Crippen molar-refractivity contribution in [2.45, 2.75) is 32.9 Å². The van der Waals surface area contributed by atoms with Crippen molar-refractivity contribution in [1.82, 2.24) is 24.8 Å². The Kier molecular flexibility index (Phi) is 5.47. The lowest BCUT2D eigenvalue weighted by Crippen LogP contribution is -2.52. The standard InChI is InChI=1S/C16H27N5O3/c1-12-10-21(8-9-23-12)15(22)11-19-4-6-20(7-5-19)13(2)16-17-14(3)18-24-16/h12-13H,4-11H2,1-3H3/t12-,13+/m1/s1. The molecular weight excluding hydrogens is 310 g/mol. The minimum atomic E-state index is 0.115. The predicted molar refractivity (Wildman–Crippen MR) is 87.5 cm³/mol. The van der Waals surface area contributed by atoms with E-state index < -0.39 is 0 Å². The van der Waals surface area contributed by atoms with Crippen LogP contribution in [0, 0.1) is 6.92 Å². The fraction of sp³-hybridized carbons (Fsp3) is 0.812. The van der Waals surface area contributed by atoms with E-state index in [0.717, 1.165) is 26.2 Å². The van der Waals surface area contributed by atoms with E-state index in [1.54, 1.807) is 0 Å². The Morgan fingerprint density at radius 1 is 1.29 bits per heavy atom. The monoisotopic (exact) mass is 337 g/mol. The normalized spacial score (nSPS) is 25.0. The molecule has 0 unspecified atom stereocenters. The number of amides is 1. The van der Waals surface area contributed by atoms with E-state index in [0.29, 0.717) is 38.0 Å². The van der Waals surface area contributed by atoms with Crippen LogP contribution in [0.25, 0.3) is 0 Å². The first-order valence-electron chi connectivity index (χ1n) is 8.69. The van der Waals surface area contributed by atoms with Gasteiger partial charge in [0.15, 0.2) is 5.82 Å². The van der Waals surface area contributed by atoms with E-state index in [-0.39, 0.29) is 18.1 Å². The second-order valence-electron chi connectivity index (χ2n) is 6.69. The second-order valence-corrected chi connectivity index (χ2v) is 6.69. The number of hydrogen-bond donors (Lipinski definition) is 0. The highest BCUT2D eigenvalue weighted by Gasteiger charge is 2.28. The molecule has 0 aromatic carbocycles. The van der Waals surface area contributed by atoms with Crippen molar-refractivity contribution >= 4 is 5.91 Å². The highest BCUT2D eigenvalue weighted by atomic mass is 16.5. The first-order valence-corrected chi connectivity index (χ1v) is 8.69. The van der Waals surface area contributed by atoms with Crippen molar-refractivity contribution in [2.75, 3.05) is 52.4 Å². The summed E-state index contributed by atoms with van der Waals surface area (Å²) in [5, 5.41) is 3.86. The molecule has 8 heteroatoms. The zero-order chi connectivity index (χ0) is 17.1. The van der Waals surface area contributed by atoms with Crippen LogP contribution in [0.1, 0.15) is 31.6 Å². The highest BCUT2D eigenvalue weighted by Crippen LogP contribution is 2.20. The number of carbonyl (C=O) groups is 1. The Balaban J connectivity index is 1.45. The van der Waals surface area contributed by atoms with Crippen LogP contribution in [0.2, 0.25) is 0 Å². The molecule has 0 saturated carbocycles. The summed E-state index contributed by atoms with van der Waals surface area (Å²) < 4.78 is 10.8. The quantitative estimate of drug-likeness (QED) is 0.782. The van der Waals surface area contributed by atoms with Gasteiger partial charge in [0.25, 0.3) is 0 Å². The van der Waals surface area contributed by atoms with Gasteiger partial charge in [0.05, 0.1) is 25.3 Å². The van der Waals surface area contributed by atoms with Gasteiger partial charge in [0.1, 0.15) is 0 Å². The van der Waals surface area contributed by atoms with Gasteiger partial charge in [-0.25, -0.2) is 0 Å². The molecule has 134 valence electrons. The van der Waals surface area contributed by atoms with Crippen LogP contribution >= 0.6 is 0 Å². The lowest BCUT2D eigenvalue weighted by molar-refractivity contribution is -0.139. The number of aromatic nitrogens is 2. The molecule has 2 fully saturated rings. The molecule has 3 rings (SSSR count). The number of rotatable bonds is 4. The van der Waals surface area contributed by atoms with Crippen molar-refractivity contribution < 1.29 is 14.1 Å². The van der Waals surface area contributed by atoms with E-state index in [4.69, 9.17) is 9.26 Å². The molecule has 2 aliphatic heterocycles. The van der Waals surface area contributed by atoms with Crippen molar-refractivity contribution in [3.8, 4) is 0 Å². The van der Waals surface area contributed by atoms with E-state index in [1.165, 1.54) is 0 Å². The van der Waals surface area contributed by atoms with E-state index in [1.807, 2.05) is 18.7 Å². The third-order valence-corrected chi connectivity index (χ3v) is 4.81. The topological polar surface area (TPSA) is 74.9 Å². The van der Waals surface area contributed by atoms with Crippen LogP contribution in [-0.4, -0.2) is 89.3 Å². The van der Waals surface area contributed by atoms with Gasteiger partial charge in [-0.15, -0.1) is 0 Å². The fourth-order valence-electron chi connectivity index (χ4n) is 3.28. The Hall–Kier alpha value is -1.51. The lowest BCUT2D eigenvalue weighted by atomic mass is 10.2. The molecule has 2 atom stereocenters. The molecule has 1 amide bonds. The van der Waals surface area contributed by atoms with Gasteiger partial charge in [-0.05, 0) is 20.8 Å². The second kappa shape index (κ2) is 7.58. The maximum Gasteiger partial charge on any atom is 0.243 e. The zero-order valence-electron chi connectivity index (χ0n) is 14.8. The maximum absolute atomic E-state index is 12.4. The Labute approximate surface area is 142 Å². The van der Waals surface area contributed by atoms with Crippen molar-refractivity contribution in [1.29, 1.82) is 0 Å². The van der Waals surface area contributed by atoms with Gasteiger partial charge in [-0.1, -0.05) is 5.16 Å². The van der Waals surface area contributed by atoms with Gasteiger partial charge in [-0.3, -0.25) is 14.6 Å². The summed E-state index contributed by atoms with van der Waals surface area (Å²) in [6.07, 6.45) is 0.137. The van der Waals surface area contributed by atoms with Crippen LogP contribution in [0.4, 0.5) is 0 Å². The minimum absolute atomic E-state index is 0.115. The molecule has 8 nitrogen and oxygen atoms in total. The van der Waals surface area contributed by atoms with Crippen LogP contribution in [0.3, 0.4) is 0 Å². The fourth-order valence-corrected chi connectivity index (χ4v) is 3.28. The number of carbonyl (C=O) groups excluding carboxylic acids is 1. The van der Waals surface area contributed by atoms with Crippen molar-refractivity contribution in [2.24, 2.45) is 0 Å². The smallest absolute Gasteiger partial charge is 0.243 e. The van der Waals surface area contributed by atoms with Gasteiger partial charge in [0.2, 0.25) is 11.8 Å². The number of morpholine rings is 1. The molecule has 0 N–H and O–H groups in total. The molecular formula is C16H27N5O3. The first kappa shape index (κ1) is 17.3. The minimum Gasteiger partial charge on any atom is -0.375 e. The number of nitrogens with zero attached hydrogens (tertiary/aromatic N) is 5. The molecule has 2 saturated heterocycles. The van der Waals surface area contributed by atoms with E-state index in [9.17, 15) is 4.79 Å². The van der Waals surface area contributed by atoms with E-state index >= 15 is 0 Å². The van der Waals surface area contributed by atoms with Crippen LogP contribution in [0.15, 0.2) is 4.52 Å². The van der Waals surface area contributed by atoms with Gasteiger partial charge in [0, 0.05) is 39.3 Å². The summed E-state index contributed by atoms with van der Waals surface area (Å²) in [6.45, 7) is 12.0. The molecule has 1 aromatic rings. The van der Waals surface area contributed by atoms with Crippen LogP contribution < -0.4 is 0 Å². The van der Waals surface area contributed by atoms with Gasteiger partial charge in [-0.2, -0.15) is 4.98 Å². The predicted octanol–water partition coefficient (Wildman–Crippen LogP) is 0.304. The molecule has 1 aromatic heterocycles. The Morgan fingerprint density at radius 2 is 2.04 bits per heavy atom. The highest BCUT2D eigenvalue weighted by molar-refractivity contribution is 5.78. The number of piperazine rings is 1. The maximum atomic E-state index is 12.4. The molecule has 0 radical (unpaired) electrons. The van der Waals surface area contributed by atoms with Crippen molar-refractivity contribution in [3.05, 3.63) is 11.7 Å². The Bertz CT molecular complexity index is 556. The lowest BCUT2D eigenvalue weighted by Gasteiger charge is -2.38. The van der Waals surface area contributed by atoms with Crippen LogP contribution in [0.5, 0.6) is 0 Å². The zero-order valence-corrected chi connectivity index (χ0v) is 14.8. The molecule has 0 spiro atoms. The third-order valence-electron chi connectivity index (χ3n) is 4.81. The SMILES string of the molecule is Cc1noc([C@H](C)N2CCN(CC(=O)N3CCO[C@H](C)C3)CC2)n1. The molecule has 0 bridgehead atoms. The van der Waals surface area contributed by atoms with Gasteiger partial charge >= 0.3 is 0 Å². The average Bonchev–Trinajstić information content (AvgIpc) is 3.01. The molecule has 3 heterocycles. The molecule has 24 heavy (non-hydrogen) atoms. The summed E-state index contributed by atoms with van der Waals surface area (Å²) in [5.41, 5.74) is 0. The number of ether oxygens (including phenoxy) is 1. The number of aryl methyl sites for hydroxylation is 1. The van der Waals surface area contributed by atoms with E-state index in [2.05, 4.69) is 26.9 Å². The van der Waals surface area contributed by atoms with Crippen molar-refractivity contribution in [3.63, 3.8) is 0 Å². The van der Waals surface area contributed by atoms with Gasteiger partial charge < -0.3 is 14.2 Å². The summed E-state index contributed by atoms with van der Waals surface area (Å²) in [4.78, 5) is 23.2. The number of hydrogen-bond acceptors (Lipinski definition) is 7. The summed E-state index contributed by atoms with van der Waals surface area (Å²) in [7, 11) is 0.